The monoisotopic (exact) mass is 448 g/mol. The second kappa shape index (κ2) is 15.6. The normalized spacial score (nSPS) is 22.1. The Morgan fingerprint density at radius 3 is 1.52 bits per heavy atom. The Labute approximate surface area is 191 Å². The number of rotatable bonds is 18. The van der Waals surface area contributed by atoms with E-state index in [1.807, 2.05) is 0 Å². The molecule has 0 fully saturated rings. The Hall–Kier alpha value is -0.240. The molecule has 0 amide bonds. The Bertz CT molecular complexity index is 442. The molecule has 0 aromatic carbocycles. The van der Waals surface area contributed by atoms with Gasteiger partial charge in [0, 0.05) is 5.41 Å². The maximum atomic E-state index is 9.83. The van der Waals surface area contributed by atoms with Gasteiger partial charge in [0.1, 0.15) is 0 Å². The van der Waals surface area contributed by atoms with Gasteiger partial charge in [0.05, 0.1) is 56.4 Å². The topological polar surface area (TPSA) is 88.4 Å². The third-order valence-corrected chi connectivity index (χ3v) is 6.63. The third-order valence-electron chi connectivity index (χ3n) is 6.63. The third kappa shape index (κ3) is 11.0. The summed E-state index contributed by atoms with van der Waals surface area (Å²) < 4.78 is 18.1. The quantitative estimate of drug-likeness (QED) is 0.291. The molecule has 0 rings (SSSR count). The second-order valence-corrected chi connectivity index (χ2v) is 9.78. The van der Waals surface area contributed by atoms with Gasteiger partial charge < -0.3 is 29.5 Å². The first-order valence-electron chi connectivity index (χ1n) is 12.3. The molecule has 0 aliphatic carbocycles. The van der Waals surface area contributed by atoms with Gasteiger partial charge in [-0.15, -0.1) is 0 Å². The maximum absolute atomic E-state index is 9.83. The van der Waals surface area contributed by atoms with Crippen LogP contribution in [0.2, 0.25) is 0 Å². The van der Waals surface area contributed by atoms with E-state index in [4.69, 9.17) is 14.2 Å². The molecule has 0 spiro atoms. The molecule has 6 nitrogen and oxygen atoms in total. The smallest absolute Gasteiger partial charge is 0.0745 e. The molecule has 0 aromatic heterocycles. The summed E-state index contributed by atoms with van der Waals surface area (Å²) >= 11 is 0. The van der Waals surface area contributed by atoms with E-state index in [0.717, 1.165) is 25.7 Å². The average Bonchev–Trinajstić information content (AvgIpc) is 2.70. The summed E-state index contributed by atoms with van der Waals surface area (Å²) in [6.07, 6.45) is 2.03. The van der Waals surface area contributed by atoms with Crippen LogP contribution in [0.4, 0.5) is 0 Å². The van der Waals surface area contributed by atoms with E-state index < -0.39 is 18.3 Å². The summed E-state index contributed by atoms with van der Waals surface area (Å²) in [5, 5.41) is 29.1. The van der Waals surface area contributed by atoms with E-state index in [1.165, 1.54) is 0 Å². The Kier molecular flexibility index (Phi) is 15.5. The van der Waals surface area contributed by atoms with Gasteiger partial charge in [0.15, 0.2) is 0 Å². The van der Waals surface area contributed by atoms with Gasteiger partial charge in [-0.1, -0.05) is 33.6 Å². The molecule has 9 atom stereocenters. The fourth-order valence-corrected chi connectivity index (χ4v) is 4.89. The lowest BCUT2D eigenvalue weighted by Crippen LogP contribution is -2.50. The molecule has 0 saturated carbocycles. The molecule has 0 heterocycles. The molecule has 0 saturated heterocycles. The standard InChI is InChI=1S/C25H52O6/c1-10-17(3)25(23(9)31-16-20(6)28,13-22(8)30-15-19(5)27)24(11-2)12-21(7)29-14-18(4)26/h17-24,26-28H,10-16H2,1-9H3. The maximum Gasteiger partial charge on any atom is 0.0745 e. The van der Waals surface area contributed by atoms with E-state index in [-0.39, 0.29) is 23.7 Å². The van der Waals surface area contributed by atoms with Crippen LogP contribution < -0.4 is 0 Å². The minimum atomic E-state index is -0.519. The molecule has 0 radical (unpaired) electrons. The Morgan fingerprint density at radius 2 is 1.10 bits per heavy atom. The fourth-order valence-electron chi connectivity index (χ4n) is 4.89. The van der Waals surface area contributed by atoms with E-state index in [9.17, 15) is 15.3 Å². The van der Waals surface area contributed by atoms with Crippen molar-refractivity contribution in [3.05, 3.63) is 0 Å². The number of hydrogen-bond donors (Lipinski definition) is 3. The van der Waals surface area contributed by atoms with Gasteiger partial charge in [0.2, 0.25) is 0 Å². The number of ether oxygens (including phenoxy) is 3. The van der Waals surface area contributed by atoms with Crippen LogP contribution >= 0.6 is 0 Å². The van der Waals surface area contributed by atoms with Crippen molar-refractivity contribution in [1.29, 1.82) is 0 Å². The van der Waals surface area contributed by atoms with Crippen molar-refractivity contribution in [2.24, 2.45) is 17.3 Å². The van der Waals surface area contributed by atoms with Gasteiger partial charge in [0.25, 0.3) is 0 Å². The zero-order valence-electron chi connectivity index (χ0n) is 21.6. The van der Waals surface area contributed by atoms with Gasteiger partial charge in [-0.05, 0) is 66.2 Å². The lowest BCUT2D eigenvalue weighted by atomic mass is 9.58. The zero-order chi connectivity index (χ0) is 24.2. The summed E-state index contributed by atoms with van der Waals surface area (Å²) in [4.78, 5) is 0. The predicted octanol–water partition coefficient (Wildman–Crippen LogP) is 4.18. The minimum absolute atomic E-state index is 0.0145. The highest BCUT2D eigenvalue weighted by Crippen LogP contribution is 2.50. The predicted molar refractivity (Wildman–Crippen MR) is 126 cm³/mol. The molecule has 31 heavy (non-hydrogen) atoms. The van der Waals surface area contributed by atoms with Crippen molar-refractivity contribution in [2.75, 3.05) is 19.8 Å². The summed E-state index contributed by atoms with van der Waals surface area (Å²) in [6, 6.07) is 0. The van der Waals surface area contributed by atoms with Crippen molar-refractivity contribution in [1.82, 2.24) is 0 Å². The average molecular weight is 449 g/mol. The van der Waals surface area contributed by atoms with Crippen molar-refractivity contribution >= 4 is 0 Å². The zero-order valence-corrected chi connectivity index (χ0v) is 21.6. The summed E-state index contributed by atoms with van der Waals surface area (Å²) in [5.74, 6) is 0.677. The van der Waals surface area contributed by atoms with Crippen LogP contribution in [0.5, 0.6) is 0 Å². The van der Waals surface area contributed by atoms with Gasteiger partial charge in [-0.2, -0.15) is 0 Å². The number of hydrogen-bond acceptors (Lipinski definition) is 6. The van der Waals surface area contributed by atoms with Crippen LogP contribution in [0, 0.1) is 17.3 Å². The van der Waals surface area contributed by atoms with Gasteiger partial charge >= 0.3 is 0 Å². The molecule has 0 aliphatic rings. The van der Waals surface area contributed by atoms with Crippen molar-refractivity contribution < 1.29 is 29.5 Å². The molecule has 6 heteroatoms. The first kappa shape index (κ1) is 30.8. The second-order valence-electron chi connectivity index (χ2n) is 9.78. The molecule has 0 bridgehead atoms. The lowest BCUT2D eigenvalue weighted by Gasteiger charge is -2.51. The molecule has 9 unspecified atom stereocenters. The molecule has 188 valence electrons. The van der Waals surface area contributed by atoms with Crippen LogP contribution in [0.1, 0.15) is 88.0 Å². The van der Waals surface area contributed by atoms with Crippen LogP contribution in [0.15, 0.2) is 0 Å². The van der Waals surface area contributed by atoms with Crippen LogP contribution in [0.25, 0.3) is 0 Å². The van der Waals surface area contributed by atoms with E-state index >= 15 is 0 Å². The lowest BCUT2D eigenvalue weighted by molar-refractivity contribution is -0.142. The molecule has 0 aromatic rings. The molecule has 3 N–H and O–H groups in total. The molecular formula is C25H52O6. The Balaban J connectivity index is 5.91. The largest absolute Gasteiger partial charge is 0.391 e. The molecule has 0 aliphatic heterocycles. The van der Waals surface area contributed by atoms with Crippen LogP contribution in [-0.4, -0.2) is 71.8 Å². The summed E-state index contributed by atoms with van der Waals surface area (Å²) in [5.41, 5.74) is -0.182. The van der Waals surface area contributed by atoms with Gasteiger partial charge in [-0.3, -0.25) is 0 Å². The highest BCUT2D eigenvalue weighted by Gasteiger charge is 2.48. The van der Waals surface area contributed by atoms with Gasteiger partial charge in [-0.25, -0.2) is 0 Å². The first-order valence-corrected chi connectivity index (χ1v) is 12.3. The highest BCUT2D eigenvalue weighted by molar-refractivity contribution is 4.97. The van der Waals surface area contributed by atoms with E-state index in [1.54, 1.807) is 20.8 Å². The fraction of sp³-hybridized carbons (Fsp3) is 1.00. The summed E-state index contributed by atoms with van der Waals surface area (Å²) in [7, 11) is 0. The number of aliphatic hydroxyl groups is 3. The van der Waals surface area contributed by atoms with E-state index in [2.05, 4.69) is 41.5 Å². The van der Waals surface area contributed by atoms with E-state index in [0.29, 0.717) is 31.7 Å². The van der Waals surface area contributed by atoms with Crippen LogP contribution in [-0.2, 0) is 14.2 Å². The van der Waals surface area contributed by atoms with Crippen molar-refractivity contribution in [3.63, 3.8) is 0 Å². The number of aliphatic hydroxyl groups excluding tert-OH is 3. The summed E-state index contributed by atoms with van der Waals surface area (Å²) in [6.45, 7) is 19.1. The van der Waals surface area contributed by atoms with Crippen LogP contribution in [0.3, 0.4) is 0 Å². The minimum Gasteiger partial charge on any atom is -0.391 e. The molecular weight excluding hydrogens is 396 g/mol. The first-order chi connectivity index (χ1) is 14.4. The van der Waals surface area contributed by atoms with Crippen molar-refractivity contribution in [2.45, 2.75) is 125 Å². The Morgan fingerprint density at radius 1 is 0.645 bits per heavy atom. The van der Waals surface area contributed by atoms with Crippen molar-refractivity contribution in [3.8, 4) is 0 Å². The SMILES string of the molecule is CCC(C)C(CC(C)OCC(C)O)(C(CC)CC(C)OCC(C)O)C(C)OCC(C)O. The highest BCUT2D eigenvalue weighted by atomic mass is 16.5.